The monoisotopic (exact) mass is 312 g/mol. The SMILES string of the molecule is CCC(C)C(C)CCC1C2C3CC12C=C3C(C)C(C)C1=CC1C. The number of hydrogen-bond donors (Lipinski definition) is 0. The summed E-state index contributed by atoms with van der Waals surface area (Å²) in [6, 6.07) is 0. The zero-order valence-corrected chi connectivity index (χ0v) is 16.1. The van der Waals surface area contributed by atoms with E-state index in [1.807, 2.05) is 5.57 Å². The van der Waals surface area contributed by atoms with Gasteiger partial charge in [-0.1, -0.05) is 77.7 Å². The summed E-state index contributed by atoms with van der Waals surface area (Å²) in [5.41, 5.74) is 4.29. The molecule has 9 unspecified atom stereocenters. The first kappa shape index (κ1) is 16.0. The lowest BCUT2D eigenvalue weighted by molar-refractivity contribution is 0.288. The van der Waals surface area contributed by atoms with Gasteiger partial charge < -0.3 is 0 Å². The Morgan fingerprint density at radius 3 is 2.26 bits per heavy atom. The second-order valence-corrected chi connectivity index (χ2v) is 9.67. The van der Waals surface area contributed by atoms with E-state index in [2.05, 4.69) is 53.7 Å². The van der Waals surface area contributed by atoms with Crippen LogP contribution in [0.15, 0.2) is 23.3 Å². The maximum Gasteiger partial charge on any atom is -0.00412 e. The molecule has 0 aromatic rings. The summed E-state index contributed by atoms with van der Waals surface area (Å²) in [5, 5.41) is 0. The normalized spacial score (nSPS) is 44.4. The Labute approximate surface area is 143 Å². The fourth-order valence-electron chi connectivity index (χ4n) is 6.30. The van der Waals surface area contributed by atoms with Gasteiger partial charge in [-0.15, -0.1) is 0 Å². The molecule has 0 heteroatoms. The van der Waals surface area contributed by atoms with Gasteiger partial charge in [-0.3, -0.25) is 0 Å². The van der Waals surface area contributed by atoms with E-state index in [4.69, 9.17) is 0 Å². The van der Waals surface area contributed by atoms with Crippen LogP contribution in [0.4, 0.5) is 0 Å². The maximum atomic E-state index is 2.79. The summed E-state index contributed by atoms with van der Waals surface area (Å²) in [5.74, 6) is 7.31. The number of allylic oxidation sites excluding steroid dienone is 4. The molecule has 0 saturated heterocycles. The molecule has 9 atom stereocenters. The predicted octanol–water partition coefficient (Wildman–Crippen LogP) is 6.49. The predicted molar refractivity (Wildman–Crippen MR) is 99.0 cm³/mol. The molecule has 0 nitrogen and oxygen atoms in total. The van der Waals surface area contributed by atoms with Crippen LogP contribution < -0.4 is 0 Å². The minimum Gasteiger partial charge on any atom is -0.0779 e. The van der Waals surface area contributed by atoms with Crippen LogP contribution in [-0.2, 0) is 0 Å². The van der Waals surface area contributed by atoms with Crippen LogP contribution in [0.1, 0.15) is 67.2 Å². The molecule has 5 rings (SSSR count). The highest BCUT2D eigenvalue weighted by Crippen LogP contribution is 2.83. The van der Waals surface area contributed by atoms with Gasteiger partial charge in [0.2, 0.25) is 0 Å². The molecular weight excluding hydrogens is 276 g/mol. The Morgan fingerprint density at radius 1 is 1.09 bits per heavy atom. The summed E-state index contributed by atoms with van der Waals surface area (Å²) < 4.78 is 0. The molecule has 128 valence electrons. The summed E-state index contributed by atoms with van der Waals surface area (Å²) >= 11 is 0. The quantitative estimate of drug-likeness (QED) is 0.449. The molecule has 0 aromatic carbocycles. The highest BCUT2D eigenvalue weighted by atomic mass is 14.8. The van der Waals surface area contributed by atoms with Crippen molar-refractivity contribution in [2.24, 2.45) is 52.8 Å². The van der Waals surface area contributed by atoms with Crippen molar-refractivity contribution in [3.63, 3.8) is 0 Å². The van der Waals surface area contributed by atoms with Crippen molar-refractivity contribution < 1.29 is 0 Å². The highest BCUT2D eigenvalue weighted by Gasteiger charge is 2.77. The molecule has 2 bridgehead atoms. The maximum absolute atomic E-state index is 2.79. The smallest absolute Gasteiger partial charge is 0.00412 e. The second kappa shape index (κ2) is 5.24. The fourth-order valence-corrected chi connectivity index (χ4v) is 6.30. The summed E-state index contributed by atoms with van der Waals surface area (Å²) in [6.07, 6.45) is 11.1. The van der Waals surface area contributed by atoms with Crippen molar-refractivity contribution >= 4 is 0 Å². The third kappa shape index (κ3) is 2.23. The van der Waals surface area contributed by atoms with Crippen LogP contribution in [-0.4, -0.2) is 0 Å². The standard InChI is InChI=1S/C23H36/c1-7-13(2)14(3)8-9-21-22-20-12-23(21,22)11-19(20)17(6)16(5)18-10-15(18)4/h10-11,13-17,20-22H,7-9,12H2,1-6H3. The van der Waals surface area contributed by atoms with Gasteiger partial charge in [0, 0.05) is 0 Å². The van der Waals surface area contributed by atoms with Gasteiger partial charge in [0.15, 0.2) is 0 Å². The zero-order valence-electron chi connectivity index (χ0n) is 16.1. The molecule has 0 amide bonds. The molecule has 5 aliphatic carbocycles. The van der Waals surface area contributed by atoms with Crippen LogP contribution in [0.5, 0.6) is 0 Å². The van der Waals surface area contributed by atoms with Crippen molar-refractivity contribution in [1.82, 2.24) is 0 Å². The Kier molecular flexibility index (Phi) is 3.64. The summed E-state index contributed by atoms with van der Waals surface area (Å²) in [7, 11) is 0. The number of rotatable bonds is 8. The van der Waals surface area contributed by atoms with Crippen molar-refractivity contribution in [2.45, 2.75) is 67.2 Å². The fraction of sp³-hybridized carbons (Fsp3) is 0.826. The van der Waals surface area contributed by atoms with E-state index in [-0.39, 0.29) is 0 Å². The minimum atomic E-state index is 0.701. The number of hydrogen-bond acceptors (Lipinski definition) is 0. The van der Waals surface area contributed by atoms with Gasteiger partial charge in [0.1, 0.15) is 0 Å². The van der Waals surface area contributed by atoms with Crippen LogP contribution in [0, 0.1) is 52.8 Å². The van der Waals surface area contributed by atoms with Gasteiger partial charge in [-0.2, -0.15) is 0 Å². The largest absolute Gasteiger partial charge is 0.0779 e. The molecule has 23 heavy (non-hydrogen) atoms. The second-order valence-electron chi connectivity index (χ2n) is 9.67. The topological polar surface area (TPSA) is 0 Å². The molecule has 2 fully saturated rings. The minimum absolute atomic E-state index is 0.701. The Balaban J connectivity index is 1.33. The van der Waals surface area contributed by atoms with E-state index in [0.29, 0.717) is 5.41 Å². The lowest BCUT2D eigenvalue weighted by atomic mass is 9.75. The Hall–Kier alpha value is -0.520. The molecule has 0 N–H and O–H groups in total. The van der Waals surface area contributed by atoms with E-state index >= 15 is 0 Å². The van der Waals surface area contributed by atoms with Crippen molar-refractivity contribution in [3.8, 4) is 0 Å². The molecule has 0 aliphatic heterocycles. The summed E-state index contributed by atoms with van der Waals surface area (Å²) in [4.78, 5) is 0. The molecule has 0 heterocycles. The molecular formula is C23H36. The first-order chi connectivity index (χ1) is 10.9. The third-order valence-electron chi connectivity index (χ3n) is 8.71. The first-order valence-corrected chi connectivity index (χ1v) is 10.3. The van der Waals surface area contributed by atoms with E-state index in [1.165, 1.54) is 25.7 Å². The highest BCUT2D eigenvalue weighted by molar-refractivity contribution is 5.46. The van der Waals surface area contributed by atoms with Crippen LogP contribution in [0.3, 0.4) is 0 Å². The summed E-state index contributed by atoms with van der Waals surface area (Å²) in [6.45, 7) is 14.6. The van der Waals surface area contributed by atoms with Crippen molar-refractivity contribution in [3.05, 3.63) is 23.3 Å². The molecule has 0 radical (unpaired) electrons. The van der Waals surface area contributed by atoms with Gasteiger partial charge in [0.05, 0.1) is 0 Å². The average Bonchev–Trinajstić information content (AvgIpc) is 3.21. The van der Waals surface area contributed by atoms with E-state index in [9.17, 15) is 0 Å². The van der Waals surface area contributed by atoms with Crippen molar-refractivity contribution in [1.29, 1.82) is 0 Å². The van der Waals surface area contributed by atoms with Gasteiger partial charge in [-0.05, 0) is 65.6 Å². The van der Waals surface area contributed by atoms with Crippen LogP contribution in [0.2, 0.25) is 0 Å². The molecule has 1 spiro atoms. The first-order valence-electron chi connectivity index (χ1n) is 10.3. The van der Waals surface area contributed by atoms with Gasteiger partial charge >= 0.3 is 0 Å². The lowest BCUT2D eigenvalue weighted by Crippen LogP contribution is -2.21. The molecule has 0 aromatic heterocycles. The zero-order chi connectivity index (χ0) is 16.5. The Morgan fingerprint density at radius 2 is 1.74 bits per heavy atom. The van der Waals surface area contributed by atoms with Crippen LogP contribution >= 0.6 is 0 Å². The molecule has 2 saturated carbocycles. The average molecular weight is 313 g/mol. The van der Waals surface area contributed by atoms with Gasteiger partial charge in [0.25, 0.3) is 0 Å². The Bertz CT molecular complexity index is 552. The van der Waals surface area contributed by atoms with E-state index in [0.717, 1.165) is 47.3 Å². The third-order valence-corrected chi connectivity index (χ3v) is 8.71. The van der Waals surface area contributed by atoms with Crippen LogP contribution in [0.25, 0.3) is 0 Å². The lowest BCUT2D eigenvalue weighted by Gasteiger charge is -2.29. The van der Waals surface area contributed by atoms with E-state index < -0.39 is 0 Å². The van der Waals surface area contributed by atoms with Crippen molar-refractivity contribution in [2.75, 3.05) is 0 Å². The molecule has 5 aliphatic rings. The van der Waals surface area contributed by atoms with E-state index in [1.54, 1.807) is 5.57 Å². The van der Waals surface area contributed by atoms with Gasteiger partial charge in [-0.25, -0.2) is 0 Å².